The highest BCUT2D eigenvalue weighted by molar-refractivity contribution is 7.71. The fourth-order valence-corrected chi connectivity index (χ4v) is 3.61. The first-order valence-electron chi connectivity index (χ1n) is 7.24. The van der Waals surface area contributed by atoms with E-state index >= 15 is 0 Å². The van der Waals surface area contributed by atoms with E-state index in [2.05, 4.69) is 15.0 Å². The van der Waals surface area contributed by atoms with Crippen LogP contribution in [-0.2, 0) is 6.67 Å². The first-order chi connectivity index (χ1) is 10.1. The number of hydrogen-bond donors (Lipinski definition) is 2. The minimum absolute atomic E-state index is 0.202. The van der Waals surface area contributed by atoms with E-state index in [0.717, 1.165) is 43.3 Å². The quantitative estimate of drug-likeness (QED) is 0.849. The van der Waals surface area contributed by atoms with Crippen molar-refractivity contribution in [2.75, 3.05) is 13.1 Å². The fraction of sp³-hybridized carbons (Fsp3) is 0.571. The number of likely N-dealkylation sites (tertiary alicyclic amines) is 1. The number of thiophene rings is 1. The molecule has 0 aliphatic carbocycles. The molecule has 1 fully saturated rings. The molecule has 0 spiro atoms. The van der Waals surface area contributed by atoms with Crippen LogP contribution >= 0.6 is 23.6 Å². The minimum Gasteiger partial charge on any atom is -0.393 e. The molecule has 2 aromatic rings. The van der Waals surface area contributed by atoms with Crippen LogP contribution < -0.4 is 0 Å². The van der Waals surface area contributed by atoms with E-state index in [1.807, 2.05) is 29.1 Å². The average molecular weight is 324 g/mol. The molecule has 1 unspecified atom stereocenters. The van der Waals surface area contributed by atoms with Crippen LogP contribution in [0.5, 0.6) is 0 Å². The number of rotatable bonds is 4. The molecule has 1 aliphatic rings. The highest BCUT2D eigenvalue weighted by Crippen LogP contribution is 2.22. The number of nitrogens with zero attached hydrogens (tertiary/aromatic N) is 3. The molecule has 21 heavy (non-hydrogen) atoms. The second-order valence-corrected chi connectivity index (χ2v) is 6.91. The summed E-state index contributed by atoms with van der Waals surface area (Å²) < 4.78 is 2.52. The van der Waals surface area contributed by atoms with Crippen molar-refractivity contribution in [2.45, 2.75) is 32.5 Å². The standard InChI is InChI=1S/C14H20N4OS2/c1-10(19)11-4-6-17(7-5-11)9-18-14(20)15-13(16-18)12-3-2-8-21-12/h2-3,8,10-11,19H,4-7,9H2,1H3,(H,15,16,20). The Morgan fingerprint density at radius 2 is 2.29 bits per heavy atom. The van der Waals surface area contributed by atoms with Crippen LogP contribution in [0.25, 0.3) is 10.7 Å². The number of aliphatic hydroxyl groups excluding tert-OH is 1. The smallest absolute Gasteiger partial charge is 0.217 e. The second kappa shape index (κ2) is 6.39. The van der Waals surface area contributed by atoms with Gasteiger partial charge in [-0.15, -0.1) is 11.3 Å². The molecule has 1 aliphatic heterocycles. The normalized spacial score (nSPS) is 19.0. The van der Waals surface area contributed by atoms with Crippen LogP contribution in [0, 0.1) is 10.7 Å². The van der Waals surface area contributed by atoms with Crippen molar-refractivity contribution in [3.8, 4) is 10.7 Å². The first kappa shape index (κ1) is 14.9. The van der Waals surface area contributed by atoms with Crippen molar-refractivity contribution in [2.24, 2.45) is 5.92 Å². The monoisotopic (exact) mass is 324 g/mol. The number of hydrogen-bond acceptors (Lipinski definition) is 5. The Balaban J connectivity index is 1.65. The van der Waals surface area contributed by atoms with Gasteiger partial charge in [0.1, 0.15) is 0 Å². The van der Waals surface area contributed by atoms with Gasteiger partial charge in [0, 0.05) is 13.1 Å². The number of aliphatic hydroxyl groups is 1. The SMILES string of the molecule is CC(O)C1CCN(Cn2[nH]c(-c3cccs3)nc2=S)CC1. The van der Waals surface area contributed by atoms with Gasteiger partial charge in [-0.1, -0.05) is 6.07 Å². The van der Waals surface area contributed by atoms with Gasteiger partial charge in [-0.05, 0) is 49.3 Å². The molecule has 0 bridgehead atoms. The zero-order valence-corrected chi connectivity index (χ0v) is 13.7. The van der Waals surface area contributed by atoms with Crippen molar-refractivity contribution in [3.63, 3.8) is 0 Å². The molecule has 1 saturated heterocycles. The zero-order chi connectivity index (χ0) is 14.8. The molecule has 2 N–H and O–H groups in total. The van der Waals surface area contributed by atoms with Gasteiger partial charge >= 0.3 is 0 Å². The van der Waals surface area contributed by atoms with Crippen LogP contribution in [0.15, 0.2) is 17.5 Å². The summed E-state index contributed by atoms with van der Waals surface area (Å²) in [6.07, 6.45) is 1.88. The molecule has 0 radical (unpaired) electrons. The van der Waals surface area contributed by atoms with Crippen LogP contribution in [-0.4, -0.2) is 44.0 Å². The number of aromatic amines is 1. The Bertz CT molecular complexity index is 624. The molecule has 3 rings (SSSR count). The summed E-state index contributed by atoms with van der Waals surface area (Å²) in [4.78, 5) is 7.88. The topological polar surface area (TPSA) is 57.1 Å². The predicted molar refractivity (Wildman–Crippen MR) is 86.7 cm³/mol. The maximum absolute atomic E-state index is 9.65. The van der Waals surface area contributed by atoms with Crippen LogP contribution in [0.4, 0.5) is 0 Å². The molecule has 3 heterocycles. The molecule has 114 valence electrons. The van der Waals surface area contributed by atoms with E-state index in [1.54, 1.807) is 11.3 Å². The Morgan fingerprint density at radius 1 is 1.52 bits per heavy atom. The Hall–Kier alpha value is -1.02. The maximum atomic E-state index is 9.65. The fourth-order valence-electron chi connectivity index (χ4n) is 2.75. The molecule has 0 saturated carbocycles. The average Bonchev–Trinajstić information content (AvgIpc) is 3.10. The summed E-state index contributed by atoms with van der Waals surface area (Å²) in [5.41, 5.74) is 0. The number of nitrogens with one attached hydrogen (secondary N) is 1. The van der Waals surface area contributed by atoms with Crippen molar-refractivity contribution < 1.29 is 5.11 Å². The van der Waals surface area contributed by atoms with Gasteiger partial charge in [-0.25, -0.2) is 4.68 Å². The van der Waals surface area contributed by atoms with Gasteiger partial charge in [-0.2, -0.15) is 4.98 Å². The van der Waals surface area contributed by atoms with E-state index in [-0.39, 0.29) is 6.10 Å². The van der Waals surface area contributed by atoms with Crippen molar-refractivity contribution in [1.82, 2.24) is 19.7 Å². The minimum atomic E-state index is -0.202. The van der Waals surface area contributed by atoms with E-state index in [0.29, 0.717) is 10.7 Å². The van der Waals surface area contributed by atoms with Gasteiger partial charge in [0.05, 0.1) is 17.6 Å². The lowest BCUT2D eigenvalue weighted by molar-refractivity contribution is 0.0592. The van der Waals surface area contributed by atoms with Gasteiger partial charge < -0.3 is 5.11 Å². The molecule has 5 nitrogen and oxygen atoms in total. The molecular formula is C14H20N4OS2. The summed E-state index contributed by atoms with van der Waals surface area (Å²) in [5, 5.41) is 15.0. The van der Waals surface area contributed by atoms with Gasteiger partial charge in [-0.3, -0.25) is 10.00 Å². The summed E-state index contributed by atoms with van der Waals surface area (Å²) in [7, 11) is 0. The van der Waals surface area contributed by atoms with Crippen LogP contribution in [0.2, 0.25) is 0 Å². The van der Waals surface area contributed by atoms with Gasteiger partial charge in [0.25, 0.3) is 0 Å². The molecule has 7 heteroatoms. The Labute approximate surface area is 133 Å². The van der Waals surface area contributed by atoms with E-state index in [4.69, 9.17) is 12.2 Å². The molecule has 1 atom stereocenters. The second-order valence-electron chi connectivity index (χ2n) is 5.60. The van der Waals surface area contributed by atoms with Crippen molar-refractivity contribution >= 4 is 23.6 Å². The lowest BCUT2D eigenvalue weighted by atomic mass is 9.92. The van der Waals surface area contributed by atoms with E-state index < -0.39 is 0 Å². The number of H-pyrrole nitrogens is 1. The van der Waals surface area contributed by atoms with Crippen LogP contribution in [0.1, 0.15) is 19.8 Å². The van der Waals surface area contributed by atoms with Crippen LogP contribution in [0.3, 0.4) is 0 Å². The molecule has 0 amide bonds. The lowest BCUT2D eigenvalue weighted by Gasteiger charge is -2.33. The molecule has 0 aromatic carbocycles. The molecular weight excluding hydrogens is 304 g/mol. The predicted octanol–water partition coefficient (Wildman–Crippen LogP) is 2.72. The first-order valence-corrected chi connectivity index (χ1v) is 8.53. The Morgan fingerprint density at radius 3 is 2.90 bits per heavy atom. The van der Waals surface area contributed by atoms with E-state index in [1.165, 1.54) is 0 Å². The third-order valence-electron chi connectivity index (χ3n) is 4.09. The van der Waals surface area contributed by atoms with Gasteiger partial charge in [0.15, 0.2) is 5.82 Å². The number of aromatic nitrogens is 3. The molecule has 2 aromatic heterocycles. The van der Waals surface area contributed by atoms with Gasteiger partial charge in [0.2, 0.25) is 4.77 Å². The van der Waals surface area contributed by atoms with E-state index in [9.17, 15) is 5.11 Å². The van der Waals surface area contributed by atoms with Crippen molar-refractivity contribution in [1.29, 1.82) is 0 Å². The lowest BCUT2D eigenvalue weighted by Crippen LogP contribution is -2.38. The highest BCUT2D eigenvalue weighted by atomic mass is 32.1. The third-order valence-corrected chi connectivity index (χ3v) is 5.28. The maximum Gasteiger partial charge on any atom is 0.217 e. The highest BCUT2D eigenvalue weighted by Gasteiger charge is 2.23. The third kappa shape index (κ3) is 3.42. The number of piperidine rings is 1. The zero-order valence-electron chi connectivity index (χ0n) is 12.0. The Kier molecular flexibility index (Phi) is 4.54. The summed E-state index contributed by atoms with van der Waals surface area (Å²) in [5.74, 6) is 1.27. The summed E-state index contributed by atoms with van der Waals surface area (Å²) >= 11 is 6.99. The summed E-state index contributed by atoms with van der Waals surface area (Å²) in [6, 6.07) is 4.05. The summed E-state index contributed by atoms with van der Waals surface area (Å²) in [6.45, 7) is 4.61. The largest absolute Gasteiger partial charge is 0.393 e. The van der Waals surface area contributed by atoms with Crippen molar-refractivity contribution in [3.05, 3.63) is 22.3 Å².